The molecule has 13 heavy (non-hydrogen) atoms. The van der Waals surface area contributed by atoms with Gasteiger partial charge in [-0.05, 0) is 12.3 Å². The van der Waals surface area contributed by atoms with E-state index in [2.05, 4.69) is 0 Å². The zero-order valence-corrected chi connectivity index (χ0v) is 8.88. The first-order valence-electron chi connectivity index (χ1n) is 5.12. The van der Waals surface area contributed by atoms with Crippen molar-refractivity contribution in [3.05, 3.63) is 0 Å². The van der Waals surface area contributed by atoms with Crippen molar-refractivity contribution in [2.24, 2.45) is 5.92 Å². The molecule has 0 radical (unpaired) electrons. The maximum atomic E-state index is 10.5. The summed E-state index contributed by atoms with van der Waals surface area (Å²) in [6.45, 7) is 0. The molecule has 0 heterocycles. The molecule has 1 fully saturated rings. The topological polar surface area (TPSA) is 57.5 Å². The van der Waals surface area contributed by atoms with E-state index in [0.29, 0.717) is 6.42 Å². The lowest BCUT2D eigenvalue weighted by molar-refractivity contribution is 0.369. The van der Waals surface area contributed by atoms with Crippen LogP contribution in [0.25, 0.3) is 0 Å². The van der Waals surface area contributed by atoms with E-state index in [0.717, 1.165) is 12.3 Å². The van der Waals surface area contributed by atoms with Crippen LogP contribution in [-0.2, 0) is 4.57 Å². The average Bonchev–Trinajstić information content (AvgIpc) is 2.48. The van der Waals surface area contributed by atoms with Crippen LogP contribution in [0.15, 0.2) is 0 Å². The van der Waals surface area contributed by atoms with Crippen molar-refractivity contribution in [1.82, 2.24) is 0 Å². The molecule has 0 saturated heterocycles. The minimum atomic E-state index is -3.73. The van der Waals surface area contributed by atoms with Crippen LogP contribution in [0.5, 0.6) is 0 Å². The van der Waals surface area contributed by atoms with Crippen LogP contribution in [0.4, 0.5) is 0 Å². The second-order valence-corrected chi connectivity index (χ2v) is 5.81. The molecule has 2 N–H and O–H groups in total. The molecule has 1 aliphatic carbocycles. The van der Waals surface area contributed by atoms with Gasteiger partial charge in [0.15, 0.2) is 0 Å². The third kappa shape index (κ3) is 5.45. The third-order valence-electron chi connectivity index (χ3n) is 2.79. The van der Waals surface area contributed by atoms with Gasteiger partial charge in [-0.1, -0.05) is 38.5 Å². The molecule has 0 spiro atoms. The van der Waals surface area contributed by atoms with Crippen LogP contribution in [-0.4, -0.2) is 15.9 Å². The van der Waals surface area contributed by atoms with Crippen LogP contribution in [0.3, 0.4) is 0 Å². The van der Waals surface area contributed by atoms with Gasteiger partial charge in [0.05, 0.1) is 0 Å². The van der Waals surface area contributed by atoms with Gasteiger partial charge in [-0.25, -0.2) is 0 Å². The zero-order valence-electron chi connectivity index (χ0n) is 7.98. The molecule has 0 aromatic heterocycles. The maximum Gasteiger partial charge on any atom is 0.325 e. The van der Waals surface area contributed by atoms with Gasteiger partial charge >= 0.3 is 7.60 Å². The summed E-state index contributed by atoms with van der Waals surface area (Å²) in [7, 11) is -3.73. The largest absolute Gasteiger partial charge is 0.325 e. The Balaban J connectivity index is 1.97. The summed E-state index contributed by atoms with van der Waals surface area (Å²) >= 11 is 0. The molecule has 1 aliphatic rings. The van der Waals surface area contributed by atoms with Gasteiger partial charge in [-0.2, -0.15) is 0 Å². The molecule has 1 rings (SSSR count). The lowest BCUT2D eigenvalue weighted by atomic mass is 10.0. The average molecular weight is 206 g/mol. The molecular weight excluding hydrogens is 187 g/mol. The number of hydrogen-bond acceptors (Lipinski definition) is 1. The van der Waals surface area contributed by atoms with E-state index in [1.54, 1.807) is 0 Å². The fraction of sp³-hybridized carbons (Fsp3) is 1.00. The highest BCUT2D eigenvalue weighted by Gasteiger charge is 2.16. The van der Waals surface area contributed by atoms with Gasteiger partial charge in [-0.15, -0.1) is 0 Å². The van der Waals surface area contributed by atoms with Gasteiger partial charge in [0.25, 0.3) is 0 Å². The predicted molar refractivity (Wildman–Crippen MR) is 52.7 cm³/mol. The van der Waals surface area contributed by atoms with E-state index in [-0.39, 0.29) is 6.16 Å². The Labute approximate surface area is 79.7 Å². The van der Waals surface area contributed by atoms with Crippen molar-refractivity contribution < 1.29 is 14.4 Å². The van der Waals surface area contributed by atoms with Crippen LogP contribution < -0.4 is 0 Å². The van der Waals surface area contributed by atoms with Crippen molar-refractivity contribution in [2.45, 2.75) is 44.9 Å². The Morgan fingerprint density at radius 1 is 1.15 bits per heavy atom. The monoisotopic (exact) mass is 206 g/mol. The highest BCUT2D eigenvalue weighted by atomic mass is 31.2. The van der Waals surface area contributed by atoms with E-state index in [4.69, 9.17) is 9.79 Å². The molecule has 3 nitrogen and oxygen atoms in total. The van der Waals surface area contributed by atoms with E-state index >= 15 is 0 Å². The Bertz CT molecular complexity index is 181. The normalized spacial score (nSPS) is 19.5. The minimum Gasteiger partial charge on any atom is -0.324 e. The molecule has 0 unspecified atom stereocenters. The van der Waals surface area contributed by atoms with Crippen LogP contribution in [0.1, 0.15) is 44.9 Å². The molecule has 4 heteroatoms. The Hall–Kier alpha value is 0.150. The highest BCUT2D eigenvalue weighted by molar-refractivity contribution is 7.51. The second kappa shape index (κ2) is 5.14. The first-order chi connectivity index (χ1) is 6.08. The summed E-state index contributed by atoms with van der Waals surface area (Å²) in [5.41, 5.74) is 0. The molecule has 0 amide bonds. The number of unbranched alkanes of at least 4 members (excludes halogenated alkanes) is 1. The molecule has 0 aromatic carbocycles. The van der Waals surface area contributed by atoms with E-state index in [1.807, 2.05) is 0 Å². The quantitative estimate of drug-likeness (QED) is 0.536. The Morgan fingerprint density at radius 3 is 2.31 bits per heavy atom. The fourth-order valence-electron chi connectivity index (χ4n) is 2.05. The summed E-state index contributed by atoms with van der Waals surface area (Å²) in [6.07, 6.45) is 8.26. The van der Waals surface area contributed by atoms with Gasteiger partial charge in [0, 0.05) is 6.16 Å². The predicted octanol–water partition coefficient (Wildman–Crippen LogP) is 2.52. The molecule has 1 saturated carbocycles. The number of rotatable bonds is 5. The first-order valence-corrected chi connectivity index (χ1v) is 6.92. The van der Waals surface area contributed by atoms with Gasteiger partial charge in [0.2, 0.25) is 0 Å². The summed E-state index contributed by atoms with van der Waals surface area (Å²) < 4.78 is 10.5. The summed E-state index contributed by atoms with van der Waals surface area (Å²) in [4.78, 5) is 17.2. The second-order valence-electron chi connectivity index (χ2n) is 4.03. The van der Waals surface area contributed by atoms with Gasteiger partial charge < -0.3 is 9.79 Å². The fourth-order valence-corrected chi connectivity index (χ4v) is 2.69. The lowest BCUT2D eigenvalue weighted by Gasteiger charge is -2.08. The smallest absolute Gasteiger partial charge is 0.324 e. The van der Waals surface area contributed by atoms with E-state index < -0.39 is 7.60 Å². The molecule has 0 aromatic rings. The van der Waals surface area contributed by atoms with Gasteiger partial charge in [0.1, 0.15) is 0 Å². The Kier molecular flexibility index (Phi) is 4.43. The van der Waals surface area contributed by atoms with Crippen LogP contribution in [0, 0.1) is 5.92 Å². The summed E-state index contributed by atoms with van der Waals surface area (Å²) in [5.74, 6) is 0.844. The lowest BCUT2D eigenvalue weighted by Crippen LogP contribution is -1.94. The standard InChI is InChI=1S/C9H19O3P/c10-13(11,12)8-4-3-7-9-5-1-2-6-9/h9H,1-8H2,(H2,10,11,12). The van der Waals surface area contributed by atoms with E-state index in [9.17, 15) is 4.57 Å². The van der Waals surface area contributed by atoms with Crippen molar-refractivity contribution in [2.75, 3.05) is 6.16 Å². The molecule has 78 valence electrons. The minimum absolute atomic E-state index is 0.0692. The van der Waals surface area contributed by atoms with Crippen LogP contribution >= 0.6 is 7.60 Å². The molecule has 0 aliphatic heterocycles. The van der Waals surface area contributed by atoms with Crippen molar-refractivity contribution in [1.29, 1.82) is 0 Å². The van der Waals surface area contributed by atoms with Crippen LogP contribution in [0.2, 0.25) is 0 Å². The summed E-state index contributed by atoms with van der Waals surface area (Å²) in [5, 5.41) is 0. The highest BCUT2D eigenvalue weighted by Crippen LogP contribution is 2.36. The molecular formula is C9H19O3P. The first kappa shape index (κ1) is 11.2. The SMILES string of the molecule is O=P(O)(O)CCCCC1CCCC1. The Morgan fingerprint density at radius 2 is 1.77 bits per heavy atom. The molecule has 0 bridgehead atoms. The van der Waals surface area contributed by atoms with Crippen molar-refractivity contribution in [3.63, 3.8) is 0 Å². The van der Waals surface area contributed by atoms with Gasteiger partial charge in [-0.3, -0.25) is 4.57 Å². The van der Waals surface area contributed by atoms with E-state index in [1.165, 1.54) is 32.1 Å². The number of hydrogen-bond donors (Lipinski definition) is 2. The third-order valence-corrected chi connectivity index (χ3v) is 3.69. The zero-order chi connectivity index (χ0) is 9.73. The van der Waals surface area contributed by atoms with Crippen molar-refractivity contribution in [3.8, 4) is 0 Å². The molecule has 0 atom stereocenters. The van der Waals surface area contributed by atoms with Crippen molar-refractivity contribution >= 4 is 7.60 Å². The summed E-state index contributed by atoms with van der Waals surface area (Å²) in [6, 6.07) is 0. The maximum absolute atomic E-state index is 10.5.